The van der Waals surface area contributed by atoms with Crippen LogP contribution in [0.3, 0.4) is 0 Å². The molecule has 3 rings (SSSR count). The van der Waals surface area contributed by atoms with Gasteiger partial charge in [-0.15, -0.1) is 0 Å². The molecule has 1 aliphatic heterocycles. The molecule has 8 heteroatoms. The predicted molar refractivity (Wildman–Crippen MR) is 76.6 cm³/mol. The Kier molecular flexibility index (Phi) is 3.72. The highest BCUT2D eigenvalue weighted by Crippen LogP contribution is 2.36. The van der Waals surface area contributed by atoms with Gasteiger partial charge in [-0.3, -0.25) is 0 Å². The number of nitriles is 1. The quantitative estimate of drug-likeness (QED) is 0.923. The van der Waals surface area contributed by atoms with Gasteiger partial charge in [-0.25, -0.2) is 9.67 Å². The topological polar surface area (TPSA) is 66.5 Å². The van der Waals surface area contributed by atoms with Crippen LogP contribution < -0.4 is 5.32 Å². The standard InChI is InChI=1S/C15H14F3N5/c1-9-20-14-5-3-11(8-23(14)22-9)21-13-6-10(7-19)2-4-12(13)15(16,17)18/h2,4,6,11,21H,3,5,8H2,1H3. The van der Waals surface area contributed by atoms with Gasteiger partial charge in [0, 0.05) is 18.2 Å². The number of aromatic nitrogens is 3. The number of halogens is 3. The van der Waals surface area contributed by atoms with Crippen molar-refractivity contribution >= 4 is 5.69 Å². The Morgan fingerprint density at radius 1 is 1.39 bits per heavy atom. The molecule has 1 unspecified atom stereocenters. The summed E-state index contributed by atoms with van der Waals surface area (Å²) in [4.78, 5) is 4.28. The third kappa shape index (κ3) is 3.13. The van der Waals surface area contributed by atoms with E-state index in [4.69, 9.17) is 5.26 Å². The molecule has 120 valence electrons. The fourth-order valence-electron chi connectivity index (χ4n) is 2.75. The number of benzene rings is 1. The molecule has 0 bridgehead atoms. The lowest BCUT2D eigenvalue weighted by molar-refractivity contribution is -0.137. The molecule has 0 amide bonds. The molecular formula is C15H14F3N5. The lowest BCUT2D eigenvalue weighted by Gasteiger charge is -2.26. The minimum atomic E-state index is -4.47. The van der Waals surface area contributed by atoms with E-state index < -0.39 is 11.7 Å². The maximum atomic E-state index is 13.1. The van der Waals surface area contributed by atoms with Gasteiger partial charge in [-0.2, -0.15) is 23.5 Å². The van der Waals surface area contributed by atoms with Crippen LogP contribution in [0.1, 0.15) is 29.2 Å². The Morgan fingerprint density at radius 2 is 2.17 bits per heavy atom. The largest absolute Gasteiger partial charge is 0.418 e. The van der Waals surface area contributed by atoms with Crippen molar-refractivity contribution in [3.8, 4) is 6.07 Å². The van der Waals surface area contributed by atoms with E-state index >= 15 is 0 Å². The second kappa shape index (κ2) is 5.57. The Morgan fingerprint density at radius 3 is 2.87 bits per heavy atom. The normalized spacial score (nSPS) is 17.4. The molecule has 2 aromatic rings. The van der Waals surface area contributed by atoms with E-state index in [0.29, 0.717) is 25.2 Å². The van der Waals surface area contributed by atoms with E-state index in [1.807, 2.05) is 6.07 Å². The summed E-state index contributed by atoms with van der Waals surface area (Å²) >= 11 is 0. The number of anilines is 1. The van der Waals surface area contributed by atoms with Crippen LogP contribution in [0.5, 0.6) is 0 Å². The lowest BCUT2D eigenvalue weighted by Crippen LogP contribution is -2.32. The van der Waals surface area contributed by atoms with Crippen LogP contribution in [0, 0.1) is 18.3 Å². The Labute approximate surface area is 130 Å². The van der Waals surface area contributed by atoms with Crippen molar-refractivity contribution in [2.45, 2.75) is 38.5 Å². The molecule has 1 atom stereocenters. The van der Waals surface area contributed by atoms with Gasteiger partial charge >= 0.3 is 6.18 Å². The summed E-state index contributed by atoms with van der Waals surface area (Å²) in [5.41, 5.74) is -0.646. The molecule has 2 heterocycles. The molecule has 0 saturated heterocycles. The molecule has 0 spiro atoms. The van der Waals surface area contributed by atoms with Crippen LogP contribution in [0.4, 0.5) is 18.9 Å². The first-order valence-electron chi connectivity index (χ1n) is 7.15. The van der Waals surface area contributed by atoms with Crippen LogP contribution in [0.2, 0.25) is 0 Å². The van der Waals surface area contributed by atoms with Crippen molar-refractivity contribution in [3.63, 3.8) is 0 Å². The summed E-state index contributed by atoms with van der Waals surface area (Å²) in [6.45, 7) is 2.23. The summed E-state index contributed by atoms with van der Waals surface area (Å²) < 4.78 is 41.1. The molecule has 0 fully saturated rings. The highest BCUT2D eigenvalue weighted by molar-refractivity contribution is 5.57. The van der Waals surface area contributed by atoms with Crippen molar-refractivity contribution in [2.24, 2.45) is 0 Å². The number of fused-ring (bicyclic) bond motifs is 1. The minimum Gasteiger partial charge on any atom is -0.380 e. The zero-order chi connectivity index (χ0) is 16.6. The summed E-state index contributed by atoms with van der Waals surface area (Å²) in [5.74, 6) is 1.51. The Balaban J connectivity index is 1.87. The summed E-state index contributed by atoms with van der Waals surface area (Å²) in [7, 11) is 0. The molecule has 1 aromatic heterocycles. The molecule has 0 saturated carbocycles. The first kappa shape index (κ1) is 15.3. The third-order valence-corrected chi connectivity index (χ3v) is 3.78. The van der Waals surface area contributed by atoms with Gasteiger partial charge in [0.05, 0.1) is 23.7 Å². The lowest BCUT2D eigenvalue weighted by atomic mass is 10.0. The monoisotopic (exact) mass is 321 g/mol. The molecule has 0 aliphatic carbocycles. The van der Waals surface area contributed by atoms with Gasteiger partial charge < -0.3 is 5.32 Å². The van der Waals surface area contributed by atoms with Crippen molar-refractivity contribution in [1.29, 1.82) is 5.26 Å². The fraction of sp³-hybridized carbons (Fsp3) is 0.400. The average Bonchev–Trinajstić information content (AvgIpc) is 2.85. The van der Waals surface area contributed by atoms with Crippen LogP contribution in [-0.2, 0) is 19.1 Å². The van der Waals surface area contributed by atoms with E-state index in [1.165, 1.54) is 12.1 Å². The van der Waals surface area contributed by atoms with Crippen LogP contribution in [-0.4, -0.2) is 20.8 Å². The van der Waals surface area contributed by atoms with Crippen molar-refractivity contribution in [1.82, 2.24) is 14.8 Å². The van der Waals surface area contributed by atoms with Gasteiger partial charge in [0.1, 0.15) is 11.6 Å². The highest BCUT2D eigenvalue weighted by atomic mass is 19.4. The fourth-order valence-corrected chi connectivity index (χ4v) is 2.75. The molecule has 1 aliphatic rings. The SMILES string of the molecule is Cc1nc2n(n1)CC(Nc1cc(C#N)ccc1C(F)(F)F)CC2. The van der Waals surface area contributed by atoms with Crippen LogP contribution in [0.15, 0.2) is 18.2 Å². The van der Waals surface area contributed by atoms with Gasteiger partial charge in [-0.1, -0.05) is 0 Å². The number of nitrogens with zero attached hydrogens (tertiary/aromatic N) is 4. The maximum absolute atomic E-state index is 13.1. The third-order valence-electron chi connectivity index (χ3n) is 3.78. The van der Waals surface area contributed by atoms with Gasteiger partial charge in [0.25, 0.3) is 0 Å². The Hall–Kier alpha value is -2.56. The zero-order valence-electron chi connectivity index (χ0n) is 12.4. The summed E-state index contributed by atoms with van der Waals surface area (Å²) in [5, 5.41) is 16.1. The predicted octanol–water partition coefficient (Wildman–Crippen LogP) is 2.90. The highest BCUT2D eigenvalue weighted by Gasteiger charge is 2.34. The zero-order valence-corrected chi connectivity index (χ0v) is 12.4. The van der Waals surface area contributed by atoms with Crippen molar-refractivity contribution < 1.29 is 13.2 Å². The molecule has 5 nitrogen and oxygen atoms in total. The van der Waals surface area contributed by atoms with Gasteiger partial charge in [-0.05, 0) is 31.5 Å². The van der Waals surface area contributed by atoms with E-state index in [-0.39, 0.29) is 17.3 Å². The second-order valence-corrected chi connectivity index (χ2v) is 5.51. The number of nitrogens with one attached hydrogen (secondary N) is 1. The first-order valence-corrected chi connectivity index (χ1v) is 7.15. The summed E-state index contributed by atoms with van der Waals surface area (Å²) in [6, 6.07) is 5.03. The second-order valence-electron chi connectivity index (χ2n) is 5.51. The molecule has 23 heavy (non-hydrogen) atoms. The van der Waals surface area contributed by atoms with Gasteiger partial charge in [0.2, 0.25) is 0 Å². The van der Waals surface area contributed by atoms with Crippen molar-refractivity contribution in [2.75, 3.05) is 5.32 Å². The molecular weight excluding hydrogens is 307 g/mol. The van der Waals surface area contributed by atoms with Crippen molar-refractivity contribution in [3.05, 3.63) is 41.0 Å². The number of alkyl halides is 3. The molecule has 1 aromatic carbocycles. The average molecular weight is 321 g/mol. The maximum Gasteiger partial charge on any atom is 0.418 e. The van der Waals surface area contributed by atoms with E-state index in [0.717, 1.165) is 11.9 Å². The summed E-state index contributed by atoms with van der Waals surface area (Å²) in [6.07, 6.45) is -3.16. The number of aryl methyl sites for hydroxylation is 2. The van der Waals surface area contributed by atoms with E-state index in [9.17, 15) is 13.2 Å². The smallest absolute Gasteiger partial charge is 0.380 e. The van der Waals surface area contributed by atoms with Crippen LogP contribution in [0.25, 0.3) is 0 Å². The van der Waals surface area contributed by atoms with Gasteiger partial charge in [0.15, 0.2) is 0 Å². The number of hydrogen-bond donors (Lipinski definition) is 1. The first-order chi connectivity index (χ1) is 10.9. The minimum absolute atomic E-state index is 0.0677. The Bertz CT molecular complexity index is 772. The van der Waals surface area contributed by atoms with E-state index in [2.05, 4.69) is 15.4 Å². The number of hydrogen-bond acceptors (Lipinski definition) is 4. The number of rotatable bonds is 2. The van der Waals surface area contributed by atoms with E-state index in [1.54, 1.807) is 11.6 Å². The molecule has 1 N–H and O–H groups in total. The van der Waals surface area contributed by atoms with Crippen LogP contribution >= 0.6 is 0 Å². The molecule has 0 radical (unpaired) electrons.